The van der Waals surface area contributed by atoms with Crippen LogP contribution in [0.25, 0.3) is 0 Å². The Hall–Kier alpha value is -4.08. The number of barbiturate groups is 1. The van der Waals surface area contributed by atoms with E-state index < -0.39 is 38.9 Å². The maximum Gasteiger partial charge on any atom is 0.328 e. The first kappa shape index (κ1) is 23.6. The van der Waals surface area contributed by atoms with E-state index >= 15 is 0 Å². The molecule has 0 aliphatic carbocycles. The van der Waals surface area contributed by atoms with E-state index in [1.165, 1.54) is 38.4 Å². The smallest absolute Gasteiger partial charge is 0.328 e. The normalized spacial score (nSPS) is 15.0. The highest BCUT2D eigenvalue weighted by atomic mass is 32.2. The Morgan fingerprint density at radius 3 is 2.21 bits per heavy atom. The summed E-state index contributed by atoms with van der Waals surface area (Å²) in [5, 5.41) is 21.9. The van der Waals surface area contributed by atoms with Crippen molar-refractivity contribution in [3.63, 3.8) is 0 Å². The van der Waals surface area contributed by atoms with Crippen LogP contribution in [0, 0.1) is 0 Å². The molecule has 1 saturated heterocycles. The van der Waals surface area contributed by atoms with E-state index in [4.69, 9.17) is 4.74 Å². The minimum absolute atomic E-state index is 0.00140. The molecule has 1 aliphatic heterocycles. The number of phenols is 1. The molecule has 2 aromatic carbocycles. The number of hydrazine groups is 1. The summed E-state index contributed by atoms with van der Waals surface area (Å²) in [6, 6.07) is 5.25. The quantitative estimate of drug-likeness (QED) is 0.166. The average molecular weight is 478 g/mol. The van der Waals surface area contributed by atoms with Crippen LogP contribution in [0.1, 0.15) is 0 Å². The number of nitrogens with zero attached hydrogens (tertiary/aromatic N) is 3. The number of carbonyl (C=O) groups excluding carboxylic acids is 3. The molecular formula is C18H18N6O8S. The van der Waals surface area contributed by atoms with Crippen LogP contribution in [0.5, 0.6) is 11.5 Å². The number of benzene rings is 2. The molecule has 1 fully saturated rings. The third-order valence-corrected chi connectivity index (χ3v) is 5.22. The zero-order chi connectivity index (χ0) is 24.3. The first-order valence-corrected chi connectivity index (χ1v) is 10.5. The summed E-state index contributed by atoms with van der Waals surface area (Å²) in [6.45, 7) is 0. The standard InChI is InChI=1S/C18H18N6O8S/c1-24(15-16(26)19-18(28)20-17(15)27)23-11-8-14(33(29,30)31)12(7-13(11)32-2)22-21-9-3-5-10(25)6-4-9/h3-8,15,23,25H,1-2H3,(H,29,30,31)(H2,19,20,26,27,28). The van der Waals surface area contributed by atoms with Gasteiger partial charge >= 0.3 is 6.03 Å². The number of urea groups is 1. The summed E-state index contributed by atoms with van der Waals surface area (Å²) in [7, 11) is -2.23. The number of phenolic OH excluding ortho intramolecular Hbond substituents is 1. The Kier molecular flexibility index (Phi) is 6.57. The molecule has 2 aromatic rings. The third kappa shape index (κ3) is 5.40. The highest BCUT2D eigenvalue weighted by Gasteiger charge is 2.38. The van der Waals surface area contributed by atoms with Crippen LogP contribution in [0.15, 0.2) is 51.5 Å². The highest BCUT2D eigenvalue weighted by molar-refractivity contribution is 7.86. The van der Waals surface area contributed by atoms with Crippen molar-refractivity contribution in [1.82, 2.24) is 15.6 Å². The van der Waals surface area contributed by atoms with Gasteiger partial charge in [0.1, 0.15) is 22.1 Å². The summed E-state index contributed by atoms with van der Waals surface area (Å²) in [6.07, 6.45) is 0. The predicted octanol–water partition coefficient (Wildman–Crippen LogP) is 1.06. The second kappa shape index (κ2) is 9.19. The lowest BCUT2D eigenvalue weighted by molar-refractivity contribution is -0.136. The van der Waals surface area contributed by atoms with Gasteiger partial charge < -0.3 is 15.3 Å². The van der Waals surface area contributed by atoms with Crippen LogP contribution in [-0.4, -0.2) is 61.1 Å². The number of imide groups is 2. The van der Waals surface area contributed by atoms with Gasteiger partial charge in [0, 0.05) is 13.1 Å². The van der Waals surface area contributed by atoms with Gasteiger partial charge in [0.2, 0.25) is 0 Å². The molecule has 0 atom stereocenters. The van der Waals surface area contributed by atoms with E-state index in [0.29, 0.717) is 5.69 Å². The molecule has 0 aromatic heterocycles. The van der Waals surface area contributed by atoms with Gasteiger partial charge in [-0.1, -0.05) is 0 Å². The van der Waals surface area contributed by atoms with Crippen molar-refractivity contribution in [2.75, 3.05) is 19.6 Å². The number of methoxy groups -OCH3 is 1. The van der Waals surface area contributed by atoms with Crippen molar-refractivity contribution in [2.24, 2.45) is 10.2 Å². The highest BCUT2D eigenvalue weighted by Crippen LogP contribution is 2.37. The van der Waals surface area contributed by atoms with E-state index in [-0.39, 0.29) is 22.9 Å². The molecule has 174 valence electrons. The second-order valence-corrected chi connectivity index (χ2v) is 8.03. The Morgan fingerprint density at radius 1 is 1.06 bits per heavy atom. The van der Waals surface area contributed by atoms with Gasteiger partial charge in [0.15, 0.2) is 6.04 Å². The molecule has 3 rings (SSSR count). The molecular weight excluding hydrogens is 460 g/mol. The minimum Gasteiger partial charge on any atom is -0.508 e. The molecule has 0 bridgehead atoms. The van der Waals surface area contributed by atoms with E-state index in [2.05, 4.69) is 15.7 Å². The number of hydrogen-bond acceptors (Lipinski definition) is 11. The van der Waals surface area contributed by atoms with Gasteiger partial charge in [0.05, 0.1) is 18.5 Å². The second-order valence-electron chi connectivity index (χ2n) is 6.64. The van der Waals surface area contributed by atoms with Crippen molar-refractivity contribution >= 4 is 45.0 Å². The summed E-state index contributed by atoms with van der Waals surface area (Å²) in [5.41, 5.74) is 2.60. The molecule has 0 saturated carbocycles. The average Bonchev–Trinajstić information content (AvgIpc) is 2.72. The summed E-state index contributed by atoms with van der Waals surface area (Å²) in [5.74, 6) is -1.79. The molecule has 15 heteroatoms. The van der Waals surface area contributed by atoms with E-state index in [1.54, 1.807) is 0 Å². The van der Waals surface area contributed by atoms with Crippen LogP contribution in [0.2, 0.25) is 0 Å². The molecule has 1 heterocycles. The number of amides is 4. The predicted molar refractivity (Wildman–Crippen MR) is 112 cm³/mol. The SMILES string of the molecule is COc1cc(N=Nc2ccc(O)cc2)c(S(=O)(=O)O)cc1NN(C)C1C(=O)NC(=O)NC1=O. The van der Waals surface area contributed by atoms with Crippen molar-refractivity contribution in [2.45, 2.75) is 10.9 Å². The third-order valence-electron chi connectivity index (χ3n) is 4.34. The number of hydrogen-bond donors (Lipinski definition) is 5. The van der Waals surface area contributed by atoms with Gasteiger partial charge in [-0.05, 0) is 30.3 Å². The fourth-order valence-corrected chi connectivity index (χ4v) is 3.47. The van der Waals surface area contributed by atoms with E-state index in [1.807, 2.05) is 10.6 Å². The lowest BCUT2D eigenvalue weighted by Crippen LogP contribution is -2.64. The minimum atomic E-state index is -4.79. The Labute approximate surface area is 187 Å². The molecule has 1 aliphatic rings. The molecule has 5 N–H and O–H groups in total. The van der Waals surface area contributed by atoms with Gasteiger partial charge in [0.25, 0.3) is 21.9 Å². The largest absolute Gasteiger partial charge is 0.508 e. The van der Waals surface area contributed by atoms with Crippen LogP contribution in [-0.2, 0) is 19.7 Å². The van der Waals surface area contributed by atoms with Gasteiger partial charge in [-0.3, -0.25) is 24.8 Å². The molecule has 14 nitrogen and oxygen atoms in total. The summed E-state index contributed by atoms with van der Waals surface area (Å²) in [4.78, 5) is 34.7. The maximum atomic E-state index is 12.0. The number of ether oxygens (including phenoxy) is 1. The summed E-state index contributed by atoms with van der Waals surface area (Å²) < 4.78 is 38.8. The number of aromatic hydroxyl groups is 1. The molecule has 0 radical (unpaired) electrons. The lowest BCUT2D eigenvalue weighted by Gasteiger charge is -2.30. The Balaban J connectivity index is 1.97. The number of anilines is 1. The maximum absolute atomic E-state index is 12.0. The van der Waals surface area contributed by atoms with Crippen LogP contribution < -0.4 is 20.8 Å². The number of azo groups is 1. The number of nitrogens with one attached hydrogen (secondary N) is 3. The zero-order valence-electron chi connectivity index (χ0n) is 17.1. The molecule has 0 unspecified atom stereocenters. The van der Waals surface area contributed by atoms with Crippen molar-refractivity contribution in [3.05, 3.63) is 36.4 Å². The van der Waals surface area contributed by atoms with E-state index in [0.717, 1.165) is 17.1 Å². The Bertz CT molecular complexity index is 1230. The number of likely N-dealkylation sites (N-methyl/N-ethyl adjacent to an activating group) is 1. The monoisotopic (exact) mass is 478 g/mol. The van der Waals surface area contributed by atoms with Crippen molar-refractivity contribution in [3.8, 4) is 11.5 Å². The van der Waals surface area contributed by atoms with Crippen LogP contribution >= 0.6 is 0 Å². The van der Waals surface area contributed by atoms with E-state index in [9.17, 15) is 32.5 Å². The summed E-state index contributed by atoms with van der Waals surface area (Å²) >= 11 is 0. The molecule has 33 heavy (non-hydrogen) atoms. The van der Waals surface area contributed by atoms with Gasteiger partial charge in [-0.2, -0.15) is 13.5 Å². The Morgan fingerprint density at radius 2 is 1.67 bits per heavy atom. The van der Waals surface area contributed by atoms with Gasteiger partial charge in [-0.15, -0.1) is 5.11 Å². The number of rotatable bonds is 7. The molecule has 0 spiro atoms. The first-order chi connectivity index (χ1) is 15.5. The van der Waals surface area contributed by atoms with Crippen LogP contribution in [0.4, 0.5) is 21.9 Å². The van der Waals surface area contributed by atoms with Crippen molar-refractivity contribution in [1.29, 1.82) is 0 Å². The number of carbonyl (C=O) groups is 3. The molecule has 4 amide bonds. The van der Waals surface area contributed by atoms with Gasteiger partial charge in [-0.25, -0.2) is 9.80 Å². The fraction of sp³-hybridized carbons (Fsp3) is 0.167. The lowest BCUT2D eigenvalue weighted by atomic mass is 10.2. The topological polar surface area (TPSA) is 199 Å². The van der Waals surface area contributed by atoms with Crippen molar-refractivity contribution < 1.29 is 37.2 Å². The zero-order valence-corrected chi connectivity index (χ0v) is 18.0. The van der Waals surface area contributed by atoms with Crippen LogP contribution in [0.3, 0.4) is 0 Å². The first-order valence-electron chi connectivity index (χ1n) is 9.05. The fourth-order valence-electron chi connectivity index (χ4n) is 2.84.